The fourth-order valence-electron chi connectivity index (χ4n) is 2.50. The molecule has 4 nitrogen and oxygen atoms in total. The number of benzene rings is 1. The lowest BCUT2D eigenvalue weighted by Crippen LogP contribution is -2.10. The average Bonchev–Trinajstić information content (AvgIpc) is 2.35. The standard InChI is InChI=1S/C17H24NO3P/c1-12(2)20-22(19,21-13(3)4)11-16-10-14(5)9-15-7-6-8-18-17(15)16/h6-10,12-13H,11H2,1-5H3. The summed E-state index contributed by atoms with van der Waals surface area (Å²) in [5.41, 5.74) is 2.87. The Bertz CT molecular complexity index is 683. The molecule has 0 aliphatic rings. The highest BCUT2D eigenvalue weighted by Gasteiger charge is 2.29. The monoisotopic (exact) mass is 321 g/mol. The third-order valence-electron chi connectivity index (χ3n) is 3.03. The van der Waals surface area contributed by atoms with Gasteiger partial charge in [0.1, 0.15) is 0 Å². The fourth-order valence-corrected chi connectivity index (χ4v) is 4.65. The molecule has 0 bridgehead atoms. The number of fused-ring (bicyclic) bond motifs is 1. The van der Waals surface area contributed by atoms with Crippen LogP contribution in [-0.4, -0.2) is 17.2 Å². The van der Waals surface area contributed by atoms with Gasteiger partial charge in [-0.25, -0.2) is 0 Å². The van der Waals surface area contributed by atoms with E-state index in [9.17, 15) is 4.57 Å². The van der Waals surface area contributed by atoms with Gasteiger partial charge >= 0.3 is 7.60 Å². The highest BCUT2D eigenvalue weighted by molar-refractivity contribution is 7.53. The van der Waals surface area contributed by atoms with Crippen LogP contribution in [0, 0.1) is 6.92 Å². The van der Waals surface area contributed by atoms with Gasteiger partial charge in [0, 0.05) is 11.6 Å². The van der Waals surface area contributed by atoms with Gasteiger partial charge in [-0.15, -0.1) is 0 Å². The van der Waals surface area contributed by atoms with Gasteiger partial charge in [0.2, 0.25) is 0 Å². The molecule has 0 fully saturated rings. The van der Waals surface area contributed by atoms with Crippen molar-refractivity contribution in [3.05, 3.63) is 41.6 Å². The Morgan fingerprint density at radius 2 is 1.77 bits per heavy atom. The van der Waals surface area contributed by atoms with Gasteiger partial charge in [-0.2, -0.15) is 0 Å². The van der Waals surface area contributed by atoms with Crippen LogP contribution in [0.3, 0.4) is 0 Å². The van der Waals surface area contributed by atoms with E-state index < -0.39 is 7.60 Å². The van der Waals surface area contributed by atoms with Crippen molar-refractivity contribution in [2.45, 2.75) is 53.0 Å². The minimum absolute atomic E-state index is 0.159. The summed E-state index contributed by atoms with van der Waals surface area (Å²) >= 11 is 0. The summed E-state index contributed by atoms with van der Waals surface area (Å²) in [6, 6.07) is 8.00. The molecule has 0 spiro atoms. The summed E-state index contributed by atoms with van der Waals surface area (Å²) < 4.78 is 24.4. The molecule has 1 aromatic heterocycles. The van der Waals surface area contributed by atoms with Crippen LogP contribution < -0.4 is 0 Å². The first-order valence-corrected chi connectivity index (χ1v) is 9.32. The van der Waals surface area contributed by atoms with E-state index in [1.54, 1.807) is 6.20 Å². The van der Waals surface area contributed by atoms with Gasteiger partial charge in [-0.3, -0.25) is 9.55 Å². The number of nitrogens with zero attached hydrogens (tertiary/aromatic N) is 1. The maximum Gasteiger partial charge on any atom is 0.335 e. The molecule has 1 heterocycles. The molecule has 0 saturated carbocycles. The molecule has 0 saturated heterocycles. The van der Waals surface area contributed by atoms with Crippen molar-refractivity contribution in [2.24, 2.45) is 0 Å². The van der Waals surface area contributed by atoms with Crippen molar-refractivity contribution in [2.75, 3.05) is 0 Å². The van der Waals surface area contributed by atoms with E-state index in [0.29, 0.717) is 0 Å². The SMILES string of the molecule is Cc1cc(CP(=O)(OC(C)C)OC(C)C)c2ncccc2c1. The first-order valence-electron chi connectivity index (χ1n) is 7.59. The first kappa shape index (κ1) is 17.1. The molecule has 2 rings (SSSR count). The summed E-state index contributed by atoms with van der Waals surface area (Å²) in [6.07, 6.45) is 1.67. The Hall–Kier alpha value is -1.22. The summed E-state index contributed by atoms with van der Waals surface area (Å²) in [5, 5.41) is 1.04. The van der Waals surface area contributed by atoms with Crippen molar-refractivity contribution in [1.29, 1.82) is 0 Å². The molecular formula is C17H24NO3P. The normalized spacial score (nSPS) is 12.5. The molecule has 2 aromatic rings. The maximum absolute atomic E-state index is 13.1. The molecule has 120 valence electrons. The topological polar surface area (TPSA) is 48.4 Å². The summed E-state index contributed by atoms with van der Waals surface area (Å²) in [4.78, 5) is 4.43. The quantitative estimate of drug-likeness (QED) is 0.696. The largest absolute Gasteiger partial charge is 0.335 e. The van der Waals surface area contributed by atoms with Crippen LogP contribution in [0.4, 0.5) is 0 Å². The van der Waals surface area contributed by atoms with Crippen LogP contribution in [0.25, 0.3) is 10.9 Å². The molecule has 5 heteroatoms. The Labute approximate surface area is 132 Å². The summed E-state index contributed by atoms with van der Waals surface area (Å²) in [6.45, 7) is 9.48. The van der Waals surface area contributed by atoms with E-state index in [-0.39, 0.29) is 18.4 Å². The van der Waals surface area contributed by atoms with Crippen molar-refractivity contribution in [3.8, 4) is 0 Å². The summed E-state index contributed by atoms with van der Waals surface area (Å²) in [7, 11) is -3.22. The zero-order valence-electron chi connectivity index (χ0n) is 13.9. The van der Waals surface area contributed by atoms with Crippen LogP contribution >= 0.6 is 7.60 Å². The predicted molar refractivity (Wildman–Crippen MR) is 90.2 cm³/mol. The van der Waals surface area contributed by atoms with E-state index in [0.717, 1.165) is 22.0 Å². The van der Waals surface area contributed by atoms with Gasteiger partial charge < -0.3 is 9.05 Å². The minimum Gasteiger partial charge on any atom is -0.306 e. The average molecular weight is 321 g/mol. The highest BCUT2D eigenvalue weighted by Crippen LogP contribution is 2.54. The van der Waals surface area contributed by atoms with Crippen LogP contribution in [-0.2, 0) is 19.8 Å². The second kappa shape index (κ2) is 6.91. The highest BCUT2D eigenvalue weighted by atomic mass is 31.2. The van der Waals surface area contributed by atoms with Gasteiger partial charge in [0.25, 0.3) is 0 Å². The van der Waals surface area contributed by atoms with E-state index in [1.807, 2.05) is 52.8 Å². The van der Waals surface area contributed by atoms with Crippen LogP contribution in [0.2, 0.25) is 0 Å². The molecule has 0 aliphatic carbocycles. The van der Waals surface area contributed by atoms with Gasteiger partial charge in [0.15, 0.2) is 0 Å². The van der Waals surface area contributed by atoms with Gasteiger partial charge in [-0.1, -0.05) is 17.7 Å². The zero-order valence-corrected chi connectivity index (χ0v) is 14.8. The molecule has 0 aliphatic heterocycles. The molecule has 0 amide bonds. The zero-order chi connectivity index (χ0) is 16.3. The predicted octanol–water partition coefficient (Wildman–Crippen LogP) is 5.09. The Morgan fingerprint density at radius 1 is 1.14 bits per heavy atom. The van der Waals surface area contributed by atoms with Gasteiger partial charge in [0.05, 0.1) is 23.9 Å². The number of aromatic nitrogens is 1. The molecule has 0 unspecified atom stereocenters. The summed E-state index contributed by atoms with van der Waals surface area (Å²) in [5.74, 6) is 0. The van der Waals surface area contributed by atoms with Crippen molar-refractivity contribution >= 4 is 18.5 Å². The smallest absolute Gasteiger partial charge is 0.306 e. The lowest BCUT2D eigenvalue weighted by atomic mass is 10.1. The van der Waals surface area contributed by atoms with Crippen LogP contribution in [0.5, 0.6) is 0 Å². The Balaban J connectivity index is 2.43. The van der Waals surface area contributed by atoms with Crippen molar-refractivity contribution in [1.82, 2.24) is 4.98 Å². The third kappa shape index (κ3) is 4.39. The lowest BCUT2D eigenvalue weighted by Gasteiger charge is -2.23. The van der Waals surface area contributed by atoms with Crippen molar-refractivity contribution in [3.63, 3.8) is 0 Å². The van der Waals surface area contributed by atoms with Crippen LogP contribution in [0.15, 0.2) is 30.5 Å². The number of aryl methyl sites for hydroxylation is 1. The minimum atomic E-state index is -3.22. The Kier molecular flexibility index (Phi) is 5.38. The molecule has 22 heavy (non-hydrogen) atoms. The van der Waals surface area contributed by atoms with E-state index in [4.69, 9.17) is 9.05 Å². The fraction of sp³-hybridized carbons (Fsp3) is 0.471. The molecule has 0 atom stereocenters. The third-order valence-corrected chi connectivity index (χ3v) is 5.25. The maximum atomic E-state index is 13.1. The van der Waals surface area contributed by atoms with E-state index in [1.165, 1.54) is 0 Å². The molecule has 0 N–H and O–H groups in total. The number of rotatable bonds is 6. The van der Waals surface area contributed by atoms with Crippen LogP contribution in [0.1, 0.15) is 38.8 Å². The number of hydrogen-bond donors (Lipinski definition) is 0. The number of pyridine rings is 1. The van der Waals surface area contributed by atoms with E-state index in [2.05, 4.69) is 11.1 Å². The molecule has 0 radical (unpaired) electrons. The number of hydrogen-bond acceptors (Lipinski definition) is 4. The van der Waals surface area contributed by atoms with Gasteiger partial charge in [-0.05, 0) is 52.3 Å². The Morgan fingerprint density at radius 3 is 2.36 bits per heavy atom. The molecular weight excluding hydrogens is 297 g/mol. The van der Waals surface area contributed by atoms with Crippen molar-refractivity contribution < 1.29 is 13.6 Å². The first-order chi connectivity index (χ1) is 10.3. The molecule has 1 aromatic carbocycles. The second-order valence-corrected chi connectivity index (χ2v) is 8.04. The lowest BCUT2D eigenvalue weighted by molar-refractivity contribution is 0.141. The second-order valence-electron chi connectivity index (χ2n) is 6.08. The van der Waals surface area contributed by atoms with E-state index >= 15 is 0 Å².